The molecule has 8 nitrogen and oxygen atoms in total. The molecule has 0 saturated carbocycles. The third kappa shape index (κ3) is 2.33. The summed E-state index contributed by atoms with van der Waals surface area (Å²) in [5, 5.41) is 20.9. The van der Waals surface area contributed by atoms with E-state index >= 15 is 0 Å². The Hall–Kier alpha value is -2.87. The largest absolute Gasteiger partial charge is 0.490 e. The first-order valence-corrected chi connectivity index (χ1v) is 7.28. The van der Waals surface area contributed by atoms with Crippen LogP contribution in [0.25, 0.3) is 10.9 Å². The van der Waals surface area contributed by atoms with Crippen LogP contribution in [-0.2, 0) is 0 Å². The molecular formula is C15H16N6O2. The van der Waals surface area contributed by atoms with Crippen LogP contribution in [0.5, 0.6) is 5.75 Å². The molecular weight excluding hydrogens is 296 g/mol. The van der Waals surface area contributed by atoms with Gasteiger partial charge >= 0.3 is 0 Å². The Morgan fingerprint density at radius 1 is 1.26 bits per heavy atom. The quantitative estimate of drug-likeness (QED) is 0.667. The van der Waals surface area contributed by atoms with Crippen LogP contribution in [-0.4, -0.2) is 51.6 Å². The topological polar surface area (TPSA) is 99.2 Å². The summed E-state index contributed by atoms with van der Waals surface area (Å²) in [6.45, 7) is 1.08. The average molecular weight is 312 g/mol. The Balaban J connectivity index is 1.70. The molecule has 1 saturated heterocycles. The van der Waals surface area contributed by atoms with Crippen LogP contribution in [0.2, 0.25) is 0 Å². The number of para-hydroxylation sites is 1. The Morgan fingerprint density at radius 3 is 2.87 bits per heavy atom. The lowest BCUT2D eigenvalue weighted by Gasteiger charge is -2.37. The van der Waals surface area contributed by atoms with Crippen molar-refractivity contribution in [2.75, 3.05) is 30.4 Å². The van der Waals surface area contributed by atoms with Gasteiger partial charge in [-0.25, -0.2) is 9.97 Å². The minimum atomic E-state index is -0.318. The molecule has 3 aromatic rings. The van der Waals surface area contributed by atoms with Gasteiger partial charge in [0.2, 0.25) is 5.75 Å². The predicted molar refractivity (Wildman–Crippen MR) is 86.2 cm³/mol. The first-order valence-electron chi connectivity index (χ1n) is 7.28. The van der Waals surface area contributed by atoms with E-state index in [1.165, 1.54) is 6.33 Å². The van der Waals surface area contributed by atoms with Crippen molar-refractivity contribution in [3.63, 3.8) is 0 Å². The average Bonchev–Trinajstić information content (AvgIpc) is 2.95. The second kappa shape index (κ2) is 5.40. The van der Waals surface area contributed by atoms with E-state index in [0.717, 1.165) is 10.9 Å². The highest BCUT2D eigenvalue weighted by atomic mass is 16.5. The predicted octanol–water partition coefficient (Wildman–Crippen LogP) is 1.29. The monoisotopic (exact) mass is 312 g/mol. The number of aromatic nitrogens is 4. The molecule has 118 valence electrons. The lowest BCUT2D eigenvalue weighted by atomic mass is 10.1. The molecule has 1 fully saturated rings. The molecule has 0 radical (unpaired) electrons. The van der Waals surface area contributed by atoms with E-state index in [2.05, 4.69) is 25.5 Å². The van der Waals surface area contributed by atoms with Gasteiger partial charge in [0, 0.05) is 18.5 Å². The van der Waals surface area contributed by atoms with Crippen molar-refractivity contribution < 1.29 is 9.84 Å². The SMILES string of the molecule is COc1c(Nc2n[nH]c3ccccc23)ncnc1N1CC(O)C1. The normalized spacial score (nSPS) is 14.8. The number of fused-ring (bicyclic) bond motifs is 1. The fraction of sp³-hybridized carbons (Fsp3) is 0.267. The number of aliphatic hydroxyl groups is 1. The number of H-pyrrole nitrogens is 1. The zero-order valence-corrected chi connectivity index (χ0v) is 12.5. The molecule has 0 bridgehead atoms. The molecule has 3 N–H and O–H groups in total. The number of nitrogens with one attached hydrogen (secondary N) is 2. The van der Waals surface area contributed by atoms with E-state index in [-0.39, 0.29) is 6.10 Å². The van der Waals surface area contributed by atoms with E-state index in [1.807, 2.05) is 29.2 Å². The van der Waals surface area contributed by atoms with E-state index in [0.29, 0.717) is 36.3 Å². The molecule has 0 spiro atoms. The Labute approximate surface area is 132 Å². The summed E-state index contributed by atoms with van der Waals surface area (Å²) >= 11 is 0. The first-order chi connectivity index (χ1) is 11.3. The van der Waals surface area contributed by atoms with Gasteiger partial charge in [-0.3, -0.25) is 5.10 Å². The summed E-state index contributed by atoms with van der Waals surface area (Å²) in [4.78, 5) is 10.5. The summed E-state index contributed by atoms with van der Waals surface area (Å²) in [6, 6.07) is 7.83. The third-order valence-corrected chi connectivity index (χ3v) is 3.86. The number of anilines is 3. The van der Waals surface area contributed by atoms with Gasteiger partial charge in [-0.15, -0.1) is 0 Å². The Kier molecular flexibility index (Phi) is 3.23. The van der Waals surface area contributed by atoms with Crippen LogP contribution in [0.15, 0.2) is 30.6 Å². The number of ether oxygens (including phenoxy) is 1. The standard InChI is InChI=1S/C15H16N6O2/c1-23-12-14(16-8-17-15(12)21-6-9(22)7-21)18-13-10-4-2-3-5-11(10)19-20-13/h2-5,8-9,22H,6-7H2,1H3,(H2,16,17,18,19,20). The smallest absolute Gasteiger partial charge is 0.204 e. The summed E-state index contributed by atoms with van der Waals surface area (Å²) in [6.07, 6.45) is 1.15. The zero-order valence-electron chi connectivity index (χ0n) is 12.5. The molecule has 8 heteroatoms. The lowest BCUT2D eigenvalue weighted by molar-refractivity contribution is 0.140. The van der Waals surface area contributed by atoms with Crippen LogP contribution in [0.4, 0.5) is 17.5 Å². The molecule has 0 unspecified atom stereocenters. The van der Waals surface area contributed by atoms with E-state index < -0.39 is 0 Å². The molecule has 1 aliphatic rings. The molecule has 4 rings (SSSR count). The lowest BCUT2D eigenvalue weighted by Crippen LogP contribution is -2.51. The minimum Gasteiger partial charge on any atom is -0.490 e. The molecule has 0 atom stereocenters. The van der Waals surface area contributed by atoms with Gasteiger partial charge < -0.3 is 20.1 Å². The van der Waals surface area contributed by atoms with Crippen LogP contribution in [0.1, 0.15) is 0 Å². The van der Waals surface area contributed by atoms with Gasteiger partial charge in [-0.1, -0.05) is 12.1 Å². The molecule has 1 aromatic carbocycles. The fourth-order valence-corrected chi connectivity index (χ4v) is 2.67. The number of rotatable bonds is 4. The number of methoxy groups -OCH3 is 1. The van der Waals surface area contributed by atoms with Crippen LogP contribution >= 0.6 is 0 Å². The molecule has 3 heterocycles. The Morgan fingerprint density at radius 2 is 2.09 bits per heavy atom. The highest BCUT2D eigenvalue weighted by Crippen LogP contribution is 2.36. The van der Waals surface area contributed by atoms with Crippen LogP contribution in [0.3, 0.4) is 0 Å². The van der Waals surface area contributed by atoms with Gasteiger partial charge in [0.25, 0.3) is 0 Å². The molecule has 0 amide bonds. The second-order valence-corrected chi connectivity index (χ2v) is 5.38. The number of benzene rings is 1. The van der Waals surface area contributed by atoms with E-state index in [9.17, 15) is 5.11 Å². The number of β-amino-alcohol motifs (C(OH)–C–C–N with tert-alkyl or cyclic N) is 1. The first kappa shape index (κ1) is 13.8. The van der Waals surface area contributed by atoms with Crippen molar-refractivity contribution in [1.82, 2.24) is 20.2 Å². The maximum absolute atomic E-state index is 9.48. The van der Waals surface area contributed by atoms with Crippen LogP contribution < -0.4 is 15.0 Å². The van der Waals surface area contributed by atoms with E-state index in [4.69, 9.17) is 4.74 Å². The molecule has 23 heavy (non-hydrogen) atoms. The van der Waals surface area contributed by atoms with E-state index in [1.54, 1.807) is 7.11 Å². The summed E-state index contributed by atoms with van der Waals surface area (Å²) in [7, 11) is 1.58. The minimum absolute atomic E-state index is 0.318. The van der Waals surface area contributed by atoms with Crippen molar-refractivity contribution in [3.05, 3.63) is 30.6 Å². The second-order valence-electron chi connectivity index (χ2n) is 5.38. The third-order valence-electron chi connectivity index (χ3n) is 3.86. The maximum atomic E-state index is 9.48. The molecule has 0 aliphatic carbocycles. The summed E-state index contributed by atoms with van der Waals surface area (Å²) in [5.41, 5.74) is 0.939. The van der Waals surface area contributed by atoms with Gasteiger partial charge in [-0.05, 0) is 12.1 Å². The highest BCUT2D eigenvalue weighted by molar-refractivity contribution is 5.91. The van der Waals surface area contributed by atoms with Gasteiger partial charge in [-0.2, -0.15) is 5.10 Å². The van der Waals surface area contributed by atoms with Crippen molar-refractivity contribution in [3.8, 4) is 5.75 Å². The fourth-order valence-electron chi connectivity index (χ4n) is 2.67. The number of aliphatic hydroxyl groups excluding tert-OH is 1. The highest BCUT2D eigenvalue weighted by Gasteiger charge is 2.29. The number of hydrogen-bond acceptors (Lipinski definition) is 7. The maximum Gasteiger partial charge on any atom is 0.204 e. The van der Waals surface area contributed by atoms with Crippen LogP contribution in [0, 0.1) is 0 Å². The molecule has 2 aromatic heterocycles. The van der Waals surface area contributed by atoms with Crippen molar-refractivity contribution >= 4 is 28.4 Å². The van der Waals surface area contributed by atoms with Gasteiger partial charge in [0.05, 0.1) is 18.7 Å². The van der Waals surface area contributed by atoms with Gasteiger partial charge in [0.1, 0.15) is 6.33 Å². The van der Waals surface area contributed by atoms with Gasteiger partial charge in [0.15, 0.2) is 17.5 Å². The zero-order chi connectivity index (χ0) is 15.8. The molecule has 1 aliphatic heterocycles. The number of nitrogens with zero attached hydrogens (tertiary/aromatic N) is 4. The van der Waals surface area contributed by atoms with Crippen molar-refractivity contribution in [2.45, 2.75) is 6.10 Å². The van der Waals surface area contributed by atoms with Crippen molar-refractivity contribution in [1.29, 1.82) is 0 Å². The number of hydrogen-bond donors (Lipinski definition) is 3. The number of aromatic amines is 1. The summed E-state index contributed by atoms with van der Waals surface area (Å²) in [5.74, 6) is 2.41. The summed E-state index contributed by atoms with van der Waals surface area (Å²) < 4.78 is 5.48. The Bertz CT molecular complexity index is 843. The van der Waals surface area contributed by atoms with Crippen molar-refractivity contribution in [2.24, 2.45) is 0 Å².